The van der Waals surface area contributed by atoms with Crippen LogP contribution in [0, 0.1) is 11.6 Å². The molecule has 1 aromatic rings. The Balaban J connectivity index is 1.77. The third kappa shape index (κ3) is 2.60. The molecule has 1 N–H and O–H groups in total. The Kier molecular flexibility index (Phi) is 3.45. The quantitative estimate of drug-likeness (QED) is 0.860. The van der Waals surface area contributed by atoms with E-state index in [0.29, 0.717) is 18.4 Å². The minimum absolute atomic E-state index is 0.0882. The van der Waals surface area contributed by atoms with Crippen LogP contribution in [0.15, 0.2) is 23.2 Å². The van der Waals surface area contributed by atoms with Crippen LogP contribution in [0.25, 0.3) is 0 Å². The molecule has 102 valence electrons. The van der Waals surface area contributed by atoms with Crippen LogP contribution in [0.2, 0.25) is 0 Å². The number of anilines is 1. The standard InChI is InChI=1S/C13H14F2N2OS/c14-9-2-1-3-10(11(9)15)16-12-17-13(8-19-12)4-6-18-7-5-13/h1-3H,4-8H2,(H,16,17). The van der Waals surface area contributed by atoms with E-state index in [1.807, 2.05) is 0 Å². The van der Waals surface area contributed by atoms with E-state index >= 15 is 0 Å². The molecule has 0 amide bonds. The summed E-state index contributed by atoms with van der Waals surface area (Å²) in [6.45, 7) is 1.43. The summed E-state index contributed by atoms with van der Waals surface area (Å²) in [5.74, 6) is -0.844. The van der Waals surface area contributed by atoms with E-state index in [1.165, 1.54) is 12.1 Å². The van der Waals surface area contributed by atoms with E-state index in [9.17, 15) is 8.78 Å². The molecule has 19 heavy (non-hydrogen) atoms. The highest BCUT2D eigenvalue weighted by atomic mass is 32.2. The lowest BCUT2D eigenvalue weighted by Crippen LogP contribution is -2.34. The van der Waals surface area contributed by atoms with Crippen LogP contribution in [-0.2, 0) is 4.74 Å². The van der Waals surface area contributed by atoms with Crippen LogP contribution in [0.4, 0.5) is 14.5 Å². The molecule has 3 rings (SSSR count). The van der Waals surface area contributed by atoms with E-state index in [2.05, 4.69) is 10.3 Å². The van der Waals surface area contributed by atoms with E-state index < -0.39 is 11.6 Å². The molecule has 6 heteroatoms. The van der Waals surface area contributed by atoms with Gasteiger partial charge in [-0.1, -0.05) is 17.8 Å². The van der Waals surface area contributed by atoms with Crippen molar-refractivity contribution in [3.8, 4) is 0 Å². The summed E-state index contributed by atoms with van der Waals surface area (Å²) < 4.78 is 32.0. The molecule has 1 aromatic carbocycles. The molecule has 0 aromatic heterocycles. The molecule has 0 radical (unpaired) electrons. The lowest BCUT2D eigenvalue weighted by Gasteiger charge is -2.29. The fourth-order valence-electron chi connectivity index (χ4n) is 2.27. The van der Waals surface area contributed by atoms with Crippen LogP contribution in [-0.4, -0.2) is 29.7 Å². The fraction of sp³-hybridized carbons (Fsp3) is 0.462. The fourth-order valence-corrected chi connectivity index (χ4v) is 3.47. The van der Waals surface area contributed by atoms with Gasteiger partial charge in [0.05, 0.1) is 11.2 Å². The zero-order chi connectivity index (χ0) is 13.3. The number of hydrogen-bond acceptors (Lipinski definition) is 4. The van der Waals surface area contributed by atoms with Gasteiger partial charge in [-0.2, -0.15) is 0 Å². The Morgan fingerprint density at radius 3 is 2.84 bits per heavy atom. The average Bonchev–Trinajstić information content (AvgIpc) is 2.79. The number of amidine groups is 1. The molecule has 0 bridgehead atoms. The Bertz CT molecular complexity index is 515. The number of nitrogens with zero attached hydrogens (tertiary/aromatic N) is 1. The van der Waals surface area contributed by atoms with Crippen LogP contribution in [0.3, 0.4) is 0 Å². The summed E-state index contributed by atoms with van der Waals surface area (Å²) in [5.41, 5.74) is 0.0463. The SMILES string of the molecule is Fc1cccc(NC2=NC3(CCOCC3)CS2)c1F. The Labute approximate surface area is 114 Å². The molecule has 2 aliphatic rings. The normalized spacial score (nSPS) is 21.5. The molecule has 2 aliphatic heterocycles. The van der Waals surface area contributed by atoms with Crippen molar-refractivity contribution in [3.63, 3.8) is 0 Å². The maximum atomic E-state index is 13.6. The van der Waals surface area contributed by atoms with Gasteiger partial charge in [-0.3, -0.25) is 4.99 Å². The Morgan fingerprint density at radius 1 is 1.26 bits per heavy atom. The molecule has 1 fully saturated rings. The average molecular weight is 284 g/mol. The summed E-state index contributed by atoms with van der Waals surface area (Å²) >= 11 is 1.55. The number of benzene rings is 1. The minimum Gasteiger partial charge on any atom is -0.381 e. The lowest BCUT2D eigenvalue weighted by atomic mass is 9.93. The molecule has 0 aliphatic carbocycles. The molecule has 2 heterocycles. The maximum Gasteiger partial charge on any atom is 0.182 e. The highest BCUT2D eigenvalue weighted by molar-refractivity contribution is 8.14. The summed E-state index contributed by atoms with van der Waals surface area (Å²) in [6.07, 6.45) is 1.77. The van der Waals surface area contributed by atoms with E-state index in [-0.39, 0.29) is 11.2 Å². The first-order valence-corrected chi connectivity index (χ1v) is 7.19. The van der Waals surface area contributed by atoms with Gasteiger partial charge in [0.15, 0.2) is 16.8 Å². The van der Waals surface area contributed by atoms with Crippen molar-refractivity contribution in [1.29, 1.82) is 0 Å². The zero-order valence-electron chi connectivity index (χ0n) is 10.3. The van der Waals surface area contributed by atoms with Crippen LogP contribution in [0.1, 0.15) is 12.8 Å². The molecule has 0 atom stereocenters. The van der Waals surface area contributed by atoms with E-state index in [1.54, 1.807) is 11.8 Å². The second-order valence-corrected chi connectivity index (χ2v) is 5.73. The number of ether oxygens (including phenoxy) is 1. The van der Waals surface area contributed by atoms with Crippen molar-refractivity contribution in [2.75, 3.05) is 24.3 Å². The minimum atomic E-state index is -0.862. The van der Waals surface area contributed by atoms with Crippen LogP contribution in [0.5, 0.6) is 0 Å². The summed E-state index contributed by atoms with van der Waals surface area (Å²) in [7, 11) is 0. The molecular formula is C13H14F2N2OS. The topological polar surface area (TPSA) is 33.6 Å². The largest absolute Gasteiger partial charge is 0.381 e. The van der Waals surface area contributed by atoms with Gasteiger partial charge in [0, 0.05) is 19.0 Å². The van der Waals surface area contributed by atoms with Crippen molar-refractivity contribution < 1.29 is 13.5 Å². The molecule has 0 unspecified atom stereocenters. The van der Waals surface area contributed by atoms with Crippen molar-refractivity contribution in [2.45, 2.75) is 18.4 Å². The monoisotopic (exact) mass is 284 g/mol. The first kappa shape index (κ1) is 12.9. The third-order valence-electron chi connectivity index (χ3n) is 3.43. The molecule has 1 saturated heterocycles. The van der Waals surface area contributed by atoms with Gasteiger partial charge in [0.25, 0.3) is 0 Å². The van der Waals surface area contributed by atoms with Crippen LogP contribution < -0.4 is 5.32 Å². The zero-order valence-corrected chi connectivity index (χ0v) is 11.1. The number of hydrogen-bond donors (Lipinski definition) is 1. The van der Waals surface area contributed by atoms with Crippen molar-refractivity contribution in [2.24, 2.45) is 4.99 Å². The van der Waals surface area contributed by atoms with E-state index in [4.69, 9.17) is 4.74 Å². The van der Waals surface area contributed by atoms with Crippen molar-refractivity contribution >= 4 is 22.6 Å². The first-order chi connectivity index (χ1) is 9.19. The van der Waals surface area contributed by atoms with Gasteiger partial charge < -0.3 is 10.1 Å². The van der Waals surface area contributed by atoms with E-state index in [0.717, 1.165) is 24.7 Å². The predicted molar refractivity (Wildman–Crippen MR) is 72.7 cm³/mol. The van der Waals surface area contributed by atoms with Gasteiger partial charge in [-0.25, -0.2) is 8.78 Å². The molecule has 1 spiro atoms. The van der Waals surface area contributed by atoms with Gasteiger partial charge in [0.1, 0.15) is 0 Å². The van der Waals surface area contributed by atoms with Gasteiger partial charge in [-0.05, 0) is 25.0 Å². The second-order valence-electron chi connectivity index (χ2n) is 4.77. The number of nitrogens with one attached hydrogen (secondary N) is 1. The van der Waals surface area contributed by atoms with Gasteiger partial charge in [-0.15, -0.1) is 0 Å². The molecule has 0 saturated carbocycles. The van der Waals surface area contributed by atoms with Gasteiger partial charge >= 0.3 is 0 Å². The van der Waals surface area contributed by atoms with Crippen LogP contribution >= 0.6 is 11.8 Å². The Hall–Kier alpha value is -1.14. The molecule has 3 nitrogen and oxygen atoms in total. The second kappa shape index (κ2) is 5.09. The number of rotatable bonds is 1. The third-order valence-corrected chi connectivity index (χ3v) is 4.58. The van der Waals surface area contributed by atoms with Crippen molar-refractivity contribution in [1.82, 2.24) is 0 Å². The summed E-state index contributed by atoms with van der Waals surface area (Å²) in [6, 6.07) is 4.09. The predicted octanol–water partition coefficient (Wildman–Crippen LogP) is 3.03. The van der Waals surface area contributed by atoms with Gasteiger partial charge in [0.2, 0.25) is 0 Å². The summed E-state index contributed by atoms with van der Waals surface area (Å²) in [4.78, 5) is 4.64. The summed E-state index contributed by atoms with van der Waals surface area (Å²) in [5, 5.41) is 3.54. The Morgan fingerprint density at radius 2 is 2.05 bits per heavy atom. The smallest absolute Gasteiger partial charge is 0.182 e. The lowest BCUT2D eigenvalue weighted by molar-refractivity contribution is 0.0624. The highest BCUT2D eigenvalue weighted by Gasteiger charge is 2.37. The first-order valence-electron chi connectivity index (χ1n) is 6.20. The maximum absolute atomic E-state index is 13.6. The number of aliphatic imine (C=N–C) groups is 1. The number of thioether (sulfide) groups is 1. The highest BCUT2D eigenvalue weighted by Crippen LogP contribution is 2.36. The number of halogens is 2. The molecular weight excluding hydrogens is 270 g/mol. The van der Waals surface area contributed by atoms with Crippen molar-refractivity contribution in [3.05, 3.63) is 29.8 Å².